The zero-order valence-electron chi connectivity index (χ0n) is 36.8. The molecule has 306 valence electrons. The van der Waals surface area contributed by atoms with E-state index < -0.39 is 0 Å². The molecule has 0 fully saturated rings. The first kappa shape index (κ1) is 39.8. The molecule has 0 N–H and O–H groups in total. The van der Waals surface area contributed by atoms with Crippen molar-refractivity contribution >= 4 is 0 Å². The highest BCUT2D eigenvalue weighted by molar-refractivity contribution is 5.83. The lowest BCUT2D eigenvalue weighted by atomic mass is 9.59. The normalized spacial score (nSPS) is 14.6. The fourth-order valence-electron chi connectivity index (χ4n) is 9.38. The molecule has 7 aromatic carbocycles. The van der Waals surface area contributed by atoms with E-state index in [-0.39, 0.29) is 16.2 Å². The van der Waals surface area contributed by atoms with E-state index >= 15 is 0 Å². The van der Waals surface area contributed by atoms with Crippen LogP contribution in [0.1, 0.15) is 52.7 Å². The van der Waals surface area contributed by atoms with E-state index in [1.165, 1.54) is 22.3 Å². The Hall–Kier alpha value is -7.30. The number of nitrogens with zero attached hydrogens (tertiary/aromatic N) is 4. The SMILES string of the molecule is CC1(C)c2ccc(-c3cc(-c4ccc(-c5nc(-c6ccccc6)nc(-c6cccc(-c7cc(-c8ccccc8)cc(-c8ccccc8)c7)c6)n5)cc4)ccn3)cc2C(C)(C)C1(C)C. The first-order valence-electron chi connectivity index (χ1n) is 21.9. The Kier molecular flexibility index (Phi) is 9.83. The Morgan fingerprint density at radius 3 is 1.27 bits per heavy atom. The van der Waals surface area contributed by atoms with Gasteiger partial charge in [0.1, 0.15) is 0 Å². The van der Waals surface area contributed by atoms with E-state index in [1.54, 1.807) is 0 Å². The standard InChI is InChI=1S/C59H50N4/c1-57(2)51-30-29-46(37-52(51)58(3,4)59(57,5)6)53-38-45(31-32-60-53)41-25-27-43(28-26-41)55-61-54(42-21-14-9-15-22-42)62-56(63-55)47-24-16-23-44(33-47)50-35-48(39-17-10-7-11-18-39)34-49(36-50)40-19-12-8-13-20-40/h7-38H,1-6H3. The largest absolute Gasteiger partial charge is 0.256 e. The minimum absolute atomic E-state index is 0.0223. The van der Waals surface area contributed by atoms with Gasteiger partial charge in [0.2, 0.25) is 0 Å². The van der Waals surface area contributed by atoms with Crippen molar-refractivity contribution in [2.45, 2.75) is 52.4 Å². The minimum atomic E-state index is 0.0223. The van der Waals surface area contributed by atoms with Crippen molar-refractivity contribution in [3.63, 3.8) is 0 Å². The first-order chi connectivity index (χ1) is 30.5. The molecule has 0 unspecified atom stereocenters. The predicted molar refractivity (Wildman–Crippen MR) is 261 cm³/mol. The zero-order valence-corrected chi connectivity index (χ0v) is 36.8. The van der Waals surface area contributed by atoms with Crippen LogP contribution in [-0.4, -0.2) is 19.9 Å². The van der Waals surface area contributed by atoms with Gasteiger partial charge in [0.05, 0.1) is 5.69 Å². The molecule has 4 nitrogen and oxygen atoms in total. The zero-order chi connectivity index (χ0) is 43.3. The van der Waals surface area contributed by atoms with E-state index in [2.05, 4.69) is 199 Å². The van der Waals surface area contributed by atoms with Gasteiger partial charge in [-0.15, -0.1) is 0 Å². The summed E-state index contributed by atoms with van der Waals surface area (Å²) in [6.07, 6.45) is 1.92. The maximum Gasteiger partial charge on any atom is 0.164 e. The number of benzene rings is 7. The summed E-state index contributed by atoms with van der Waals surface area (Å²) >= 11 is 0. The monoisotopic (exact) mass is 814 g/mol. The van der Waals surface area contributed by atoms with Crippen molar-refractivity contribution in [1.82, 2.24) is 19.9 Å². The van der Waals surface area contributed by atoms with Gasteiger partial charge in [0.25, 0.3) is 0 Å². The third kappa shape index (κ3) is 7.16. The summed E-state index contributed by atoms with van der Waals surface area (Å²) in [6, 6.07) is 66.4. The summed E-state index contributed by atoms with van der Waals surface area (Å²) in [5.41, 5.74) is 17.0. The molecule has 1 aliphatic rings. The average molecular weight is 815 g/mol. The second-order valence-electron chi connectivity index (χ2n) is 18.4. The van der Waals surface area contributed by atoms with Crippen molar-refractivity contribution in [1.29, 1.82) is 0 Å². The highest BCUT2D eigenvalue weighted by Crippen LogP contribution is 2.61. The van der Waals surface area contributed by atoms with Crippen LogP contribution in [0, 0.1) is 5.41 Å². The first-order valence-corrected chi connectivity index (χ1v) is 21.9. The van der Waals surface area contributed by atoms with Crippen LogP contribution in [0.2, 0.25) is 0 Å². The fourth-order valence-corrected chi connectivity index (χ4v) is 9.38. The van der Waals surface area contributed by atoms with Crippen LogP contribution >= 0.6 is 0 Å². The van der Waals surface area contributed by atoms with Crippen LogP contribution in [0.5, 0.6) is 0 Å². The molecule has 4 heteroatoms. The Morgan fingerprint density at radius 1 is 0.286 bits per heavy atom. The van der Waals surface area contributed by atoms with Crippen molar-refractivity contribution in [3.05, 3.63) is 205 Å². The van der Waals surface area contributed by atoms with Crippen LogP contribution in [0.15, 0.2) is 194 Å². The average Bonchev–Trinajstić information content (AvgIpc) is 3.44. The fraction of sp³-hybridized carbons (Fsp3) is 0.153. The van der Waals surface area contributed by atoms with E-state index in [9.17, 15) is 0 Å². The van der Waals surface area contributed by atoms with Gasteiger partial charge in [-0.05, 0) is 114 Å². The maximum absolute atomic E-state index is 5.15. The van der Waals surface area contributed by atoms with E-state index in [0.717, 1.165) is 61.3 Å². The molecule has 0 aliphatic heterocycles. The molecule has 9 aromatic rings. The molecule has 0 atom stereocenters. The van der Waals surface area contributed by atoms with Gasteiger partial charge in [-0.25, -0.2) is 15.0 Å². The molecular weight excluding hydrogens is 765 g/mol. The second-order valence-corrected chi connectivity index (χ2v) is 18.4. The molecule has 0 saturated heterocycles. The minimum Gasteiger partial charge on any atom is -0.256 e. The molecule has 0 amide bonds. The molecule has 0 bridgehead atoms. The maximum atomic E-state index is 5.15. The summed E-state index contributed by atoms with van der Waals surface area (Å²) in [4.78, 5) is 20.1. The number of aromatic nitrogens is 4. The Balaban J connectivity index is 1.00. The quantitative estimate of drug-likeness (QED) is 0.153. The molecule has 2 heterocycles. The van der Waals surface area contributed by atoms with Gasteiger partial charge < -0.3 is 0 Å². The third-order valence-electron chi connectivity index (χ3n) is 14.3. The van der Waals surface area contributed by atoms with Gasteiger partial charge in [0, 0.05) is 28.5 Å². The topological polar surface area (TPSA) is 51.6 Å². The van der Waals surface area contributed by atoms with Crippen molar-refractivity contribution in [3.8, 4) is 89.9 Å². The summed E-state index contributed by atoms with van der Waals surface area (Å²) in [7, 11) is 0. The lowest BCUT2D eigenvalue weighted by Crippen LogP contribution is -2.42. The molecule has 0 saturated carbocycles. The molecule has 2 aromatic heterocycles. The van der Waals surface area contributed by atoms with Gasteiger partial charge >= 0.3 is 0 Å². The predicted octanol–water partition coefficient (Wildman–Crippen LogP) is 15.2. The van der Waals surface area contributed by atoms with E-state index in [0.29, 0.717) is 17.5 Å². The number of hydrogen-bond donors (Lipinski definition) is 0. The van der Waals surface area contributed by atoms with Gasteiger partial charge in [0.15, 0.2) is 17.5 Å². The van der Waals surface area contributed by atoms with E-state index in [4.69, 9.17) is 19.9 Å². The molecule has 63 heavy (non-hydrogen) atoms. The van der Waals surface area contributed by atoms with Crippen molar-refractivity contribution in [2.75, 3.05) is 0 Å². The number of hydrogen-bond acceptors (Lipinski definition) is 4. The third-order valence-corrected chi connectivity index (χ3v) is 14.3. The Morgan fingerprint density at radius 2 is 0.683 bits per heavy atom. The number of pyridine rings is 1. The van der Waals surface area contributed by atoms with Gasteiger partial charge in [-0.2, -0.15) is 0 Å². The second kappa shape index (κ2) is 15.6. The van der Waals surface area contributed by atoms with Crippen molar-refractivity contribution in [2.24, 2.45) is 5.41 Å². The Labute approximate surface area is 371 Å². The summed E-state index contributed by atoms with van der Waals surface area (Å²) in [6.45, 7) is 14.4. The van der Waals surface area contributed by atoms with Gasteiger partial charge in [-0.1, -0.05) is 187 Å². The lowest BCUT2D eigenvalue weighted by Gasteiger charge is -2.44. The highest BCUT2D eigenvalue weighted by atomic mass is 15.0. The lowest BCUT2D eigenvalue weighted by molar-refractivity contribution is 0.125. The summed E-state index contributed by atoms with van der Waals surface area (Å²) in [5.74, 6) is 1.87. The van der Waals surface area contributed by atoms with Crippen LogP contribution < -0.4 is 0 Å². The van der Waals surface area contributed by atoms with Crippen LogP contribution in [-0.2, 0) is 10.8 Å². The Bertz CT molecular complexity index is 3060. The molecular formula is C59H50N4. The van der Waals surface area contributed by atoms with Crippen LogP contribution in [0.25, 0.3) is 89.9 Å². The number of fused-ring (bicyclic) bond motifs is 1. The number of rotatable bonds is 8. The smallest absolute Gasteiger partial charge is 0.164 e. The molecule has 1 aliphatic carbocycles. The van der Waals surface area contributed by atoms with Gasteiger partial charge in [-0.3, -0.25) is 4.98 Å². The van der Waals surface area contributed by atoms with E-state index in [1.807, 2.05) is 36.5 Å². The summed E-state index contributed by atoms with van der Waals surface area (Å²) < 4.78 is 0. The van der Waals surface area contributed by atoms with Crippen molar-refractivity contribution < 1.29 is 0 Å². The molecule has 10 rings (SSSR count). The molecule has 0 radical (unpaired) electrons. The molecule has 0 spiro atoms. The summed E-state index contributed by atoms with van der Waals surface area (Å²) in [5, 5.41) is 0. The van der Waals surface area contributed by atoms with Crippen LogP contribution in [0.4, 0.5) is 0 Å². The highest BCUT2D eigenvalue weighted by Gasteiger charge is 2.56. The van der Waals surface area contributed by atoms with Crippen LogP contribution in [0.3, 0.4) is 0 Å².